The summed E-state index contributed by atoms with van der Waals surface area (Å²) in [6.07, 6.45) is 3.18. The van der Waals surface area contributed by atoms with Crippen LogP contribution in [0.1, 0.15) is 30.1 Å². The van der Waals surface area contributed by atoms with Gasteiger partial charge in [-0.15, -0.1) is 0 Å². The molecule has 0 aliphatic carbocycles. The molecule has 0 N–H and O–H groups in total. The summed E-state index contributed by atoms with van der Waals surface area (Å²) in [5, 5.41) is 3.97. The Morgan fingerprint density at radius 2 is 2.14 bits per heavy atom. The average molecular weight is 287 g/mol. The van der Waals surface area contributed by atoms with Crippen molar-refractivity contribution in [1.29, 1.82) is 0 Å². The van der Waals surface area contributed by atoms with Crippen LogP contribution in [-0.4, -0.2) is 22.1 Å². The van der Waals surface area contributed by atoms with Gasteiger partial charge in [0.15, 0.2) is 5.76 Å². The van der Waals surface area contributed by atoms with Crippen molar-refractivity contribution >= 4 is 0 Å². The van der Waals surface area contributed by atoms with Gasteiger partial charge in [0, 0.05) is 12.6 Å². The molecule has 0 fully saturated rings. The SMILES string of the molecule is Cc1oc(-c2ccco2)nc1CN(C)[C@H](C)c1ccon1. The highest BCUT2D eigenvalue weighted by Crippen LogP contribution is 2.25. The van der Waals surface area contributed by atoms with Gasteiger partial charge in [0.1, 0.15) is 17.7 Å². The standard InChI is InChI=1S/C15H17N3O3/c1-10(12-6-8-20-17-12)18(3)9-13-11(2)21-15(16-13)14-5-4-7-19-14/h4-8,10H,9H2,1-3H3/t10-/m1/s1. The van der Waals surface area contributed by atoms with Crippen molar-refractivity contribution in [3.63, 3.8) is 0 Å². The number of aryl methyl sites for hydroxylation is 1. The number of nitrogens with zero attached hydrogens (tertiary/aromatic N) is 3. The molecule has 0 aliphatic heterocycles. The van der Waals surface area contributed by atoms with E-state index in [2.05, 4.69) is 22.0 Å². The molecule has 3 heterocycles. The summed E-state index contributed by atoms with van der Waals surface area (Å²) < 4.78 is 15.9. The van der Waals surface area contributed by atoms with Crippen molar-refractivity contribution < 1.29 is 13.4 Å². The number of furan rings is 1. The first-order valence-corrected chi connectivity index (χ1v) is 6.76. The van der Waals surface area contributed by atoms with E-state index in [1.165, 1.54) is 0 Å². The molecular formula is C15H17N3O3. The highest BCUT2D eigenvalue weighted by molar-refractivity contribution is 5.44. The number of aromatic nitrogens is 2. The molecule has 0 spiro atoms. The molecule has 0 unspecified atom stereocenters. The Hall–Kier alpha value is -2.34. The van der Waals surface area contributed by atoms with E-state index in [1.54, 1.807) is 12.5 Å². The highest BCUT2D eigenvalue weighted by atomic mass is 16.5. The first-order valence-electron chi connectivity index (χ1n) is 6.76. The number of hydrogen-bond donors (Lipinski definition) is 0. The van der Waals surface area contributed by atoms with Crippen LogP contribution in [0.25, 0.3) is 11.7 Å². The lowest BCUT2D eigenvalue weighted by atomic mass is 10.2. The quantitative estimate of drug-likeness (QED) is 0.716. The molecule has 6 nitrogen and oxygen atoms in total. The van der Waals surface area contributed by atoms with Crippen molar-refractivity contribution in [3.05, 3.63) is 47.9 Å². The summed E-state index contributed by atoms with van der Waals surface area (Å²) in [6, 6.07) is 5.64. The maximum absolute atomic E-state index is 5.66. The summed E-state index contributed by atoms with van der Waals surface area (Å²) in [7, 11) is 2.01. The Morgan fingerprint density at radius 3 is 2.81 bits per heavy atom. The normalized spacial score (nSPS) is 13.0. The summed E-state index contributed by atoms with van der Waals surface area (Å²) in [5.74, 6) is 1.94. The zero-order valence-electron chi connectivity index (χ0n) is 12.2. The summed E-state index contributed by atoms with van der Waals surface area (Å²) in [4.78, 5) is 6.64. The first-order chi connectivity index (χ1) is 10.1. The number of hydrogen-bond acceptors (Lipinski definition) is 6. The van der Waals surface area contributed by atoms with E-state index >= 15 is 0 Å². The Kier molecular flexibility index (Phi) is 3.62. The third kappa shape index (κ3) is 2.75. The Morgan fingerprint density at radius 1 is 1.29 bits per heavy atom. The molecule has 3 rings (SSSR count). The van der Waals surface area contributed by atoms with Crippen LogP contribution >= 0.6 is 0 Å². The molecule has 0 amide bonds. The molecular weight excluding hydrogens is 270 g/mol. The van der Waals surface area contributed by atoms with E-state index in [1.807, 2.05) is 32.2 Å². The van der Waals surface area contributed by atoms with Gasteiger partial charge in [-0.3, -0.25) is 4.90 Å². The first kappa shape index (κ1) is 13.6. The second-order valence-corrected chi connectivity index (χ2v) is 5.01. The predicted molar refractivity (Wildman–Crippen MR) is 75.3 cm³/mol. The van der Waals surface area contributed by atoms with Crippen LogP contribution in [-0.2, 0) is 6.54 Å². The molecule has 0 bridgehead atoms. The van der Waals surface area contributed by atoms with Crippen molar-refractivity contribution in [2.45, 2.75) is 26.4 Å². The maximum atomic E-state index is 5.66. The van der Waals surface area contributed by atoms with Crippen LogP contribution in [0.15, 0.2) is 44.1 Å². The van der Waals surface area contributed by atoms with Crippen molar-refractivity contribution in [1.82, 2.24) is 15.0 Å². The van der Waals surface area contributed by atoms with Crippen LogP contribution in [0.3, 0.4) is 0 Å². The largest absolute Gasteiger partial charge is 0.459 e. The van der Waals surface area contributed by atoms with Gasteiger partial charge in [0.2, 0.25) is 0 Å². The van der Waals surface area contributed by atoms with Gasteiger partial charge in [-0.1, -0.05) is 5.16 Å². The minimum atomic E-state index is 0.131. The van der Waals surface area contributed by atoms with Gasteiger partial charge in [-0.25, -0.2) is 4.98 Å². The molecule has 0 saturated heterocycles. The molecule has 0 aromatic carbocycles. The fourth-order valence-electron chi connectivity index (χ4n) is 2.12. The second kappa shape index (κ2) is 5.57. The van der Waals surface area contributed by atoms with Crippen LogP contribution in [0.2, 0.25) is 0 Å². The average Bonchev–Trinajstić information content (AvgIpc) is 3.20. The van der Waals surface area contributed by atoms with Gasteiger partial charge in [-0.2, -0.15) is 0 Å². The zero-order valence-corrected chi connectivity index (χ0v) is 12.2. The van der Waals surface area contributed by atoms with E-state index in [0.717, 1.165) is 17.1 Å². The topological polar surface area (TPSA) is 68.4 Å². The molecule has 0 saturated carbocycles. The van der Waals surface area contributed by atoms with Gasteiger partial charge in [-0.05, 0) is 33.0 Å². The van der Waals surface area contributed by atoms with Gasteiger partial charge in [0.05, 0.1) is 18.0 Å². The highest BCUT2D eigenvalue weighted by Gasteiger charge is 2.19. The molecule has 21 heavy (non-hydrogen) atoms. The molecule has 6 heteroatoms. The van der Waals surface area contributed by atoms with Crippen LogP contribution in [0, 0.1) is 6.92 Å². The third-order valence-corrected chi connectivity index (χ3v) is 3.57. The molecule has 0 aliphatic rings. The molecule has 3 aromatic heterocycles. The predicted octanol–water partition coefficient (Wildman–Crippen LogP) is 3.42. The van der Waals surface area contributed by atoms with Crippen molar-refractivity contribution in [2.75, 3.05) is 7.05 Å². The maximum Gasteiger partial charge on any atom is 0.263 e. The Labute approximate surface area is 122 Å². The van der Waals surface area contributed by atoms with E-state index in [9.17, 15) is 0 Å². The smallest absolute Gasteiger partial charge is 0.263 e. The minimum Gasteiger partial charge on any atom is -0.459 e. The second-order valence-electron chi connectivity index (χ2n) is 5.01. The van der Waals surface area contributed by atoms with E-state index in [-0.39, 0.29) is 6.04 Å². The van der Waals surface area contributed by atoms with Crippen molar-refractivity contribution in [2.24, 2.45) is 0 Å². The van der Waals surface area contributed by atoms with Gasteiger partial charge in [0.25, 0.3) is 5.89 Å². The third-order valence-electron chi connectivity index (χ3n) is 3.57. The summed E-state index contributed by atoms with van der Waals surface area (Å²) >= 11 is 0. The van der Waals surface area contributed by atoms with Crippen LogP contribution in [0.5, 0.6) is 0 Å². The lowest BCUT2D eigenvalue weighted by Gasteiger charge is -2.21. The van der Waals surface area contributed by atoms with E-state index in [4.69, 9.17) is 13.4 Å². The monoisotopic (exact) mass is 287 g/mol. The fourth-order valence-corrected chi connectivity index (χ4v) is 2.12. The van der Waals surface area contributed by atoms with Crippen molar-refractivity contribution in [3.8, 4) is 11.7 Å². The minimum absolute atomic E-state index is 0.131. The molecule has 3 aromatic rings. The van der Waals surface area contributed by atoms with E-state index in [0.29, 0.717) is 18.2 Å². The molecule has 0 radical (unpaired) electrons. The van der Waals surface area contributed by atoms with E-state index < -0.39 is 0 Å². The van der Waals surface area contributed by atoms with Crippen LogP contribution < -0.4 is 0 Å². The lowest BCUT2D eigenvalue weighted by molar-refractivity contribution is 0.237. The van der Waals surface area contributed by atoms with Crippen LogP contribution in [0.4, 0.5) is 0 Å². The molecule has 1 atom stereocenters. The van der Waals surface area contributed by atoms with Gasteiger partial charge >= 0.3 is 0 Å². The fraction of sp³-hybridized carbons (Fsp3) is 0.333. The Balaban J connectivity index is 1.76. The summed E-state index contributed by atoms with van der Waals surface area (Å²) in [6.45, 7) is 4.63. The number of oxazole rings is 1. The zero-order chi connectivity index (χ0) is 14.8. The Bertz CT molecular complexity index is 686. The van der Waals surface area contributed by atoms with Gasteiger partial charge < -0.3 is 13.4 Å². The molecule has 110 valence electrons. The lowest BCUT2D eigenvalue weighted by Crippen LogP contribution is -2.22. The number of rotatable bonds is 5. The summed E-state index contributed by atoms with van der Waals surface area (Å²) in [5.41, 5.74) is 1.78.